The van der Waals surface area contributed by atoms with Gasteiger partial charge in [-0.1, -0.05) is 19.8 Å². The summed E-state index contributed by atoms with van der Waals surface area (Å²) in [5.74, 6) is 0.701. The quantitative estimate of drug-likeness (QED) is 0.751. The summed E-state index contributed by atoms with van der Waals surface area (Å²) in [4.78, 5) is 4.21. The Kier molecular flexibility index (Phi) is 4.94. The molecule has 0 aromatic carbocycles. The molecule has 0 radical (unpaired) electrons. The maximum atomic E-state index is 5.54. The molecule has 1 aromatic rings. The van der Waals surface area contributed by atoms with Crippen molar-refractivity contribution in [3.63, 3.8) is 0 Å². The van der Waals surface area contributed by atoms with Gasteiger partial charge in [-0.05, 0) is 40.9 Å². The number of hydrogen-bond donors (Lipinski definition) is 0. The van der Waals surface area contributed by atoms with Crippen molar-refractivity contribution in [2.24, 2.45) is 0 Å². The summed E-state index contributed by atoms with van der Waals surface area (Å²) in [7, 11) is 0. The minimum atomic E-state index is 0.701. The van der Waals surface area contributed by atoms with Gasteiger partial charge in [0.15, 0.2) is 0 Å². The van der Waals surface area contributed by atoms with E-state index in [1.807, 2.05) is 19.2 Å². The van der Waals surface area contributed by atoms with Crippen LogP contribution in [0.25, 0.3) is 0 Å². The monoisotopic (exact) mass is 257 g/mol. The van der Waals surface area contributed by atoms with Crippen LogP contribution in [0.15, 0.2) is 16.7 Å². The van der Waals surface area contributed by atoms with E-state index in [1.165, 1.54) is 12.8 Å². The second-order valence-corrected chi connectivity index (χ2v) is 4.21. The summed E-state index contributed by atoms with van der Waals surface area (Å²) in [5.41, 5.74) is 1.14. The molecule has 14 heavy (non-hydrogen) atoms. The first-order valence-corrected chi connectivity index (χ1v) is 5.78. The molecule has 2 nitrogen and oxygen atoms in total. The lowest BCUT2D eigenvalue weighted by Crippen LogP contribution is -1.99. The van der Waals surface area contributed by atoms with Crippen LogP contribution in [0.2, 0.25) is 0 Å². The number of aryl methyl sites for hydroxylation is 1. The average Bonchev–Trinajstić information content (AvgIpc) is 2.15. The van der Waals surface area contributed by atoms with Crippen molar-refractivity contribution in [1.29, 1.82) is 0 Å². The first kappa shape index (κ1) is 11.5. The molecule has 0 bridgehead atoms. The Morgan fingerprint density at radius 1 is 1.43 bits per heavy atom. The van der Waals surface area contributed by atoms with Crippen molar-refractivity contribution in [3.05, 3.63) is 22.3 Å². The second kappa shape index (κ2) is 6.02. The molecule has 0 saturated heterocycles. The predicted molar refractivity (Wildman–Crippen MR) is 61.7 cm³/mol. The third-order valence-corrected chi connectivity index (χ3v) is 2.50. The van der Waals surface area contributed by atoms with Crippen molar-refractivity contribution in [3.8, 4) is 5.88 Å². The molecule has 1 heterocycles. The molecular formula is C11H16BrNO. The fraction of sp³-hybridized carbons (Fsp3) is 0.545. The predicted octanol–water partition coefficient (Wildman–Crippen LogP) is 3.72. The van der Waals surface area contributed by atoms with Crippen molar-refractivity contribution >= 4 is 15.9 Å². The third kappa shape index (κ3) is 3.66. The number of hydrogen-bond acceptors (Lipinski definition) is 2. The van der Waals surface area contributed by atoms with Gasteiger partial charge in [-0.25, -0.2) is 4.98 Å². The maximum Gasteiger partial charge on any atom is 0.227 e. The van der Waals surface area contributed by atoms with Gasteiger partial charge >= 0.3 is 0 Å². The number of rotatable bonds is 5. The highest BCUT2D eigenvalue weighted by Crippen LogP contribution is 2.22. The van der Waals surface area contributed by atoms with E-state index in [-0.39, 0.29) is 0 Å². The van der Waals surface area contributed by atoms with Gasteiger partial charge in [-0.3, -0.25) is 0 Å². The van der Waals surface area contributed by atoms with E-state index in [2.05, 4.69) is 27.8 Å². The number of ether oxygens (including phenoxy) is 1. The number of pyridine rings is 1. The number of nitrogens with zero attached hydrogens (tertiary/aromatic N) is 1. The molecular weight excluding hydrogens is 242 g/mol. The Balaban J connectivity index is 2.42. The van der Waals surface area contributed by atoms with Gasteiger partial charge in [0.2, 0.25) is 5.88 Å². The SMILES string of the molecule is CCCCCOc1ncc(C)cc1Br. The molecule has 0 N–H and O–H groups in total. The number of aromatic nitrogens is 1. The molecule has 0 atom stereocenters. The van der Waals surface area contributed by atoms with Gasteiger partial charge in [0.05, 0.1) is 11.1 Å². The van der Waals surface area contributed by atoms with Gasteiger partial charge in [-0.2, -0.15) is 0 Å². The summed E-state index contributed by atoms with van der Waals surface area (Å²) in [6, 6.07) is 2.02. The molecule has 0 aliphatic heterocycles. The molecule has 0 spiro atoms. The molecule has 0 unspecified atom stereocenters. The van der Waals surface area contributed by atoms with Crippen LogP contribution in [-0.4, -0.2) is 11.6 Å². The maximum absolute atomic E-state index is 5.54. The zero-order chi connectivity index (χ0) is 10.4. The molecule has 1 aromatic heterocycles. The lowest BCUT2D eigenvalue weighted by molar-refractivity contribution is 0.293. The van der Waals surface area contributed by atoms with Gasteiger partial charge in [-0.15, -0.1) is 0 Å². The minimum Gasteiger partial charge on any atom is -0.477 e. The summed E-state index contributed by atoms with van der Waals surface area (Å²) in [6.07, 6.45) is 5.34. The van der Waals surface area contributed by atoms with E-state index >= 15 is 0 Å². The second-order valence-electron chi connectivity index (χ2n) is 3.36. The van der Waals surface area contributed by atoms with E-state index in [1.54, 1.807) is 0 Å². The highest BCUT2D eigenvalue weighted by atomic mass is 79.9. The van der Waals surface area contributed by atoms with Crippen LogP contribution in [0, 0.1) is 6.92 Å². The van der Waals surface area contributed by atoms with Crippen LogP contribution in [0.4, 0.5) is 0 Å². The molecule has 0 aliphatic rings. The summed E-state index contributed by atoms with van der Waals surface area (Å²) in [5, 5.41) is 0. The third-order valence-electron chi connectivity index (χ3n) is 1.93. The molecule has 78 valence electrons. The van der Waals surface area contributed by atoms with E-state index in [4.69, 9.17) is 4.74 Å². The molecule has 0 saturated carbocycles. The molecule has 1 rings (SSSR count). The highest BCUT2D eigenvalue weighted by Gasteiger charge is 2.01. The Hall–Kier alpha value is -0.570. The lowest BCUT2D eigenvalue weighted by Gasteiger charge is -2.06. The molecule has 0 aliphatic carbocycles. The Labute approximate surface area is 93.8 Å². The first-order chi connectivity index (χ1) is 6.74. The lowest BCUT2D eigenvalue weighted by atomic mass is 10.3. The largest absolute Gasteiger partial charge is 0.477 e. The van der Waals surface area contributed by atoms with Gasteiger partial charge in [0.25, 0.3) is 0 Å². The van der Waals surface area contributed by atoms with Gasteiger partial charge in [0, 0.05) is 6.20 Å². The fourth-order valence-corrected chi connectivity index (χ4v) is 1.73. The highest BCUT2D eigenvalue weighted by molar-refractivity contribution is 9.10. The van der Waals surface area contributed by atoms with Crippen LogP contribution in [0.5, 0.6) is 5.88 Å². The van der Waals surface area contributed by atoms with Crippen molar-refractivity contribution in [2.45, 2.75) is 33.1 Å². The van der Waals surface area contributed by atoms with E-state index in [0.717, 1.165) is 23.1 Å². The Bertz CT molecular complexity index is 289. The van der Waals surface area contributed by atoms with Crippen molar-refractivity contribution < 1.29 is 4.74 Å². The molecule has 0 amide bonds. The topological polar surface area (TPSA) is 22.1 Å². The first-order valence-electron chi connectivity index (χ1n) is 4.99. The molecule has 0 fully saturated rings. The Morgan fingerprint density at radius 3 is 2.86 bits per heavy atom. The molecule has 3 heteroatoms. The smallest absolute Gasteiger partial charge is 0.227 e. The standard InChI is InChI=1S/C11H16BrNO/c1-3-4-5-6-14-11-10(12)7-9(2)8-13-11/h7-8H,3-6H2,1-2H3. The van der Waals surface area contributed by atoms with Gasteiger partial charge in [0.1, 0.15) is 0 Å². The van der Waals surface area contributed by atoms with Crippen LogP contribution in [-0.2, 0) is 0 Å². The van der Waals surface area contributed by atoms with Crippen LogP contribution in [0.1, 0.15) is 31.7 Å². The summed E-state index contributed by atoms with van der Waals surface area (Å²) in [6.45, 7) is 4.95. The summed E-state index contributed by atoms with van der Waals surface area (Å²) < 4.78 is 6.47. The van der Waals surface area contributed by atoms with E-state index < -0.39 is 0 Å². The van der Waals surface area contributed by atoms with Crippen molar-refractivity contribution in [1.82, 2.24) is 4.98 Å². The fourth-order valence-electron chi connectivity index (χ4n) is 1.15. The van der Waals surface area contributed by atoms with E-state index in [9.17, 15) is 0 Å². The zero-order valence-corrected chi connectivity index (χ0v) is 10.3. The average molecular weight is 258 g/mol. The number of unbranched alkanes of at least 4 members (excludes halogenated alkanes) is 2. The normalized spacial score (nSPS) is 10.2. The minimum absolute atomic E-state index is 0.701. The van der Waals surface area contributed by atoms with Crippen LogP contribution < -0.4 is 4.74 Å². The van der Waals surface area contributed by atoms with Crippen LogP contribution in [0.3, 0.4) is 0 Å². The van der Waals surface area contributed by atoms with Gasteiger partial charge < -0.3 is 4.74 Å². The zero-order valence-electron chi connectivity index (χ0n) is 8.72. The van der Waals surface area contributed by atoms with Crippen LogP contribution >= 0.6 is 15.9 Å². The number of halogens is 1. The Morgan fingerprint density at radius 2 is 2.21 bits per heavy atom. The van der Waals surface area contributed by atoms with Crippen molar-refractivity contribution in [2.75, 3.05) is 6.61 Å². The summed E-state index contributed by atoms with van der Waals surface area (Å²) >= 11 is 3.43. The van der Waals surface area contributed by atoms with E-state index in [0.29, 0.717) is 5.88 Å².